The Bertz CT molecular complexity index is 522. The van der Waals surface area contributed by atoms with E-state index < -0.39 is 0 Å². The molecule has 23 heavy (non-hydrogen) atoms. The number of nitrogens with two attached hydrogens (primary N) is 1. The predicted octanol–water partition coefficient (Wildman–Crippen LogP) is 1.90. The molecule has 0 unspecified atom stereocenters. The van der Waals surface area contributed by atoms with Gasteiger partial charge >= 0.3 is 0 Å². The molecule has 2 fully saturated rings. The van der Waals surface area contributed by atoms with E-state index in [0.29, 0.717) is 13.0 Å². The number of nitrogens with zero attached hydrogens (tertiary/aromatic N) is 2. The molecule has 5 heteroatoms. The van der Waals surface area contributed by atoms with Crippen molar-refractivity contribution in [3.8, 4) is 0 Å². The normalized spacial score (nSPS) is 18.9. The third-order valence-electron chi connectivity index (χ3n) is 4.69. The van der Waals surface area contributed by atoms with E-state index in [9.17, 15) is 4.79 Å². The van der Waals surface area contributed by atoms with Crippen molar-refractivity contribution < 1.29 is 4.79 Å². The van der Waals surface area contributed by atoms with Crippen molar-refractivity contribution in [1.29, 1.82) is 0 Å². The number of carbonyl (C=O) groups excluding carboxylic acids is 1. The minimum Gasteiger partial charge on any atom is -0.369 e. The van der Waals surface area contributed by atoms with Crippen molar-refractivity contribution in [2.45, 2.75) is 25.7 Å². The highest BCUT2D eigenvalue weighted by Crippen LogP contribution is 2.30. The van der Waals surface area contributed by atoms with Crippen molar-refractivity contribution in [3.05, 3.63) is 24.3 Å². The van der Waals surface area contributed by atoms with Crippen LogP contribution >= 0.6 is 0 Å². The Labute approximate surface area is 138 Å². The third kappa shape index (κ3) is 4.94. The molecule has 2 aliphatic rings. The topological polar surface area (TPSA) is 61.6 Å². The fourth-order valence-electron chi connectivity index (χ4n) is 3.12. The molecule has 0 bridgehead atoms. The van der Waals surface area contributed by atoms with Crippen molar-refractivity contribution in [2.75, 3.05) is 49.5 Å². The SMILES string of the molecule is NCCCC(=O)Nc1cccc(N2CCN(CC3CC3)CC2)c1. The highest BCUT2D eigenvalue weighted by atomic mass is 16.1. The first-order chi connectivity index (χ1) is 11.2. The van der Waals surface area contributed by atoms with Gasteiger partial charge in [-0.25, -0.2) is 0 Å². The zero-order valence-electron chi connectivity index (χ0n) is 13.8. The standard InChI is InChI=1S/C18H28N4O/c19-8-2-5-18(23)20-16-3-1-4-17(13-16)22-11-9-21(10-12-22)14-15-6-7-15/h1,3-4,13,15H,2,5-12,14,19H2,(H,20,23). The van der Waals surface area contributed by atoms with E-state index in [1.807, 2.05) is 12.1 Å². The minimum absolute atomic E-state index is 0.0434. The van der Waals surface area contributed by atoms with Crippen LogP contribution in [0.1, 0.15) is 25.7 Å². The smallest absolute Gasteiger partial charge is 0.224 e. The summed E-state index contributed by atoms with van der Waals surface area (Å²) in [4.78, 5) is 16.8. The Balaban J connectivity index is 1.51. The Hall–Kier alpha value is -1.59. The van der Waals surface area contributed by atoms with Gasteiger partial charge in [-0.3, -0.25) is 9.69 Å². The van der Waals surface area contributed by atoms with Gasteiger partial charge in [0.1, 0.15) is 0 Å². The number of carbonyl (C=O) groups is 1. The van der Waals surface area contributed by atoms with Gasteiger partial charge in [-0.15, -0.1) is 0 Å². The lowest BCUT2D eigenvalue weighted by atomic mass is 10.2. The number of hydrogen-bond acceptors (Lipinski definition) is 4. The van der Waals surface area contributed by atoms with Crippen molar-refractivity contribution >= 4 is 17.3 Å². The molecular formula is C18H28N4O. The Morgan fingerprint density at radius 1 is 1.22 bits per heavy atom. The molecule has 1 aliphatic heterocycles. The lowest BCUT2D eigenvalue weighted by Crippen LogP contribution is -2.47. The maximum absolute atomic E-state index is 11.8. The van der Waals surface area contributed by atoms with Gasteiger partial charge < -0.3 is 16.0 Å². The van der Waals surface area contributed by atoms with E-state index in [1.54, 1.807) is 0 Å². The molecule has 0 atom stereocenters. The number of piperazine rings is 1. The van der Waals surface area contributed by atoms with Crippen molar-refractivity contribution in [3.63, 3.8) is 0 Å². The van der Waals surface area contributed by atoms with E-state index in [0.717, 1.165) is 44.2 Å². The summed E-state index contributed by atoms with van der Waals surface area (Å²) in [7, 11) is 0. The quantitative estimate of drug-likeness (QED) is 0.806. The second-order valence-electron chi connectivity index (χ2n) is 6.72. The molecule has 1 amide bonds. The number of amides is 1. The van der Waals surface area contributed by atoms with Crippen LogP contribution in [-0.2, 0) is 4.79 Å². The average Bonchev–Trinajstić information content (AvgIpc) is 3.38. The average molecular weight is 316 g/mol. The number of hydrogen-bond donors (Lipinski definition) is 2. The van der Waals surface area contributed by atoms with Crippen LogP contribution in [0.25, 0.3) is 0 Å². The monoisotopic (exact) mass is 316 g/mol. The molecule has 1 heterocycles. The number of rotatable bonds is 7. The Morgan fingerprint density at radius 3 is 2.70 bits per heavy atom. The molecule has 0 spiro atoms. The molecular weight excluding hydrogens is 288 g/mol. The summed E-state index contributed by atoms with van der Waals surface area (Å²) < 4.78 is 0. The fraction of sp³-hybridized carbons (Fsp3) is 0.611. The summed E-state index contributed by atoms with van der Waals surface area (Å²) in [6.45, 7) is 6.26. The number of anilines is 2. The molecule has 0 aromatic heterocycles. The first-order valence-electron chi connectivity index (χ1n) is 8.82. The maximum atomic E-state index is 11.8. The second-order valence-corrected chi connectivity index (χ2v) is 6.72. The first kappa shape index (κ1) is 16.3. The van der Waals surface area contributed by atoms with Crippen LogP contribution in [0.15, 0.2) is 24.3 Å². The molecule has 1 saturated carbocycles. The van der Waals surface area contributed by atoms with Crippen molar-refractivity contribution in [2.24, 2.45) is 11.7 Å². The van der Waals surface area contributed by atoms with Gasteiger partial charge in [0.05, 0.1) is 0 Å². The van der Waals surface area contributed by atoms with Crippen LogP contribution < -0.4 is 16.0 Å². The first-order valence-corrected chi connectivity index (χ1v) is 8.82. The Kier molecular flexibility index (Phi) is 5.51. The summed E-state index contributed by atoms with van der Waals surface area (Å²) in [6, 6.07) is 8.18. The molecule has 0 radical (unpaired) electrons. The van der Waals surface area contributed by atoms with Gasteiger partial charge in [0.15, 0.2) is 0 Å². The van der Waals surface area contributed by atoms with Crippen LogP contribution in [0.3, 0.4) is 0 Å². The molecule has 5 nitrogen and oxygen atoms in total. The van der Waals surface area contributed by atoms with Crippen LogP contribution in [0.4, 0.5) is 11.4 Å². The molecule has 3 N–H and O–H groups in total. The van der Waals surface area contributed by atoms with Gasteiger partial charge in [0.25, 0.3) is 0 Å². The van der Waals surface area contributed by atoms with Gasteiger partial charge in [0.2, 0.25) is 5.91 Å². The molecule has 126 valence electrons. The van der Waals surface area contributed by atoms with E-state index in [2.05, 4.69) is 27.2 Å². The maximum Gasteiger partial charge on any atom is 0.224 e. The summed E-state index contributed by atoms with van der Waals surface area (Å²) in [5.41, 5.74) is 7.53. The van der Waals surface area contributed by atoms with E-state index in [1.165, 1.54) is 25.1 Å². The highest BCUT2D eigenvalue weighted by molar-refractivity contribution is 5.91. The molecule has 3 rings (SSSR count). The molecule has 1 aromatic rings. The molecule has 1 aliphatic carbocycles. The highest BCUT2D eigenvalue weighted by Gasteiger charge is 2.26. The number of benzene rings is 1. The Morgan fingerprint density at radius 2 is 2.00 bits per heavy atom. The summed E-state index contributed by atoms with van der Waals surface area (Å²) in [5.74, 6) is 1.01. The van der Waals surface area contributed by atoms with Crippen LogP contribution in [0.2, 0.25) is 0 Å². The minimum atomic E-state index is 0.0434. The van der Waals surface area contributed by atoms with E-state index in [4.69, 9.17) is 5.73 Å². The van der Waals surface area contributed by atoms with E-state index >= 15 is 0 Å². The summed E-state index contributed by atoms with van der Waals surface area (Å²) >= 11 is 0. The van der Waals surface area contributed by atoms with Gasteiger partial charge in [-0.05, 0) is 49.9 Å². The zero-order valence-corrected chi connectivity index (χ0v) is 13.8. The molecule has 1 saturated heterocycles. The lowest BCUT2D eigenvalue weighted by Gasteiger charge is -2.36. The second kappa shape index (κ2) is 7.79. The zero-order chi connectivity index (χ0) is 16.1. The largest absolute Gasteiger partial charge is 0.369 e. The molecule has 1 aromatic carbocycles. The van der Waals surface area contributed by atoms with Gasteiger partial charge in [0, 0.05) is 50.5 Å². The fourth-order valence-corrected chi connectivity index (χ4v) is 3.12. The summed E-state index contributed by atoms with van der Waals surface area (Å²) in [5, 5.41) is 2.97. The van der Waals surface area contributed by atoms with Crippen LogP contribution in [-0.4, -0.2) is 50.1 Å². The van der Waals surface area contributed by atoms with Crippen LogP contribution in [0.5, 0.6) is 0 Å². The number of nitrogens with one attached hydrogen (secondary N) is 1. The van der Waals surface area contributed by atoms with Gasteiger partial charge in [-0.2, -0.15) is 0 Å². The third-order valence-corrected chi connectivity index (χ3v) is 4.69. The summed E-state index contributed by atoms with van der Waals surface area (Å²) in [6.07, 6.45) is 4.06. The van der Waals surface area contributed by atoms with Gasteiger partial charge in [-0.1, -0.05) is 6.07 Å². The van der Waals surface area contributed by atoms with E-state index in [-0.39, 0.29) is 5.91 Å². The predicted molar refractivity (Wildman–Crippen MR) is 94.7 cm³/mol. The van der Waals surface area contributed by atoms with Crippen molar-refractivity contribution in [1.82, 2.24) is 4.90 Å². The lowest BCUT2D eigenvalue weighted by molar-refractivity contribution is -0.116. The van der Waals surface area contributed by atoms with Crippen LogP contribution in [0, 0.1) is 5.92 Å².